The second-order valence-corrected chi connectivity index (χ2v) is 6.88. The molecule has 0 aromatic heterocycles. The van der Waals surface area contributed by atoms with Gasteiger partial charge in [-0.05, 0) is 55.1 Å². The normalized spacial score (nSPS) is 18.3. The van der Waals surface area contributed by atoms with Gasteiger partial charge in [0.1, 0.15) is 0 Å². The lowest BCUT2D eigenvalue weighted by molar-refractivity contribution is 0.0993. The van der Waals surface area contributed by atoms with Gasteiger partial charge in [-0.1, -0.05) is 37.3 Å². The monoisotopic (exact) mass is 322 g/mol. The number of piperidine rings is 1. The smallest absolute Gasteiger partial charge is 0.258 e. The van der Waals surface area contributed by atoms with E-state index < -0.39 is 0 Å². The molecule has 0 N–H and O–H groups in total. The molecule has 0 unspecified atom stereocenters. The molecule has 1 fully saturated rings. The molecular weight excluding hydrogens is 296 g/mol. The van der Waals surface area contributed by atoms with Crippen molar-refractivity contribution < 1.29 is 4.79 Å². The number of carbonyl (C=O) groups is 1. The van der Waals surface area contributed by atoms with Crippen molar-refractivity contribution in [3.63, 3.8) is 0 Å². The second kappa shape index (κ2) is 7.63. The summed E-state index contributed by atoms with van der Waals surface area (Å²) in [5.41, 5.74) is 2.93. The Morgan fingerprint density at radius 1 is 1.12 bits per heavy atom. The average molecular weight is 322 g/mol. The molecule has 1 amide bonds. The first kappa shape index (κ1) is 16.7. The maximum atomic E-state index is 12.6. The highest BCUT2D eigenvalue weighted by Gasteiger charge is 2.17. The standard InChI is InChI=1S/C21H26N2O/c1-17-7-6-14-23(15-17)16-18-10-12-19(13-11-18)21(24)22(2)20-8-4-3-5-9-20/h3-5,8-13,17H,6-7,14-16H2,1-2H3/t17-/m1/s1. The van der Waals surface area contributed by atoms with E-state index in [0.717, 1.165) is 23.7 Å². The molecule has 1 aliphatic heterocycles. The summed E-state index contributed by atoms with van der Waals surface area (Å²) in [5, 5.41) is 0. The Kier molecular flexibility index (Phi) is 5.31. The Bertz CT molecular complexity index is 666. The Hall–Kier alpha value is -2.13. The van der Waals surface area contributed by atoms with Crippen molar-refractivity contribution in [1.29, 1.82) is 0 Å². The molecule has 1 saturated heterocycles. The van der Waals surface area contributed by atoms with Gasteiger partial charge in [-0.15, -0.1) is 0 Å². The first-order valence-electron chi connectivity index (χ1n) is 8.78. The molecule has 1 aliphatic rings. The Morgan fingerprint density at radius 3 is 2.50 bits per heavy atom. The van der Waals surface area contributed by atoms with Crippen molar-refractivity contribution in [3.05, 3.63) is 65.7 Å². The molecule has 126 valence electrons. The Labute approximate surface area is 144 Å². The fourth-order valence-electron chi connectivity index (χ4n) is 3.40. The summed E-state index contributed by atoms with van der Waals surface area (Å²) in [6, 6.07) is 17.8. The topological polar surface area (TPSA) is 23.6 Å². The fraction of sp³-hybridized carbons (Fsp3) is 0.381. The molecule has 1 heterocycles. The molecule has 0 spiro atoms. The first-order valence-corrected chi connectivity index (χ1v) is 8.78. The minimum Gasteiger partial charge on any atom is -0.311 e. The summed E-state index contributed by atoms with van der Waals surface area (Å²) >= 11 is 0. The van der Waals surface area contributed by atoms with E-state index in [1.54, 1.807) is 4.90 Å². The summed E-state index contributed by atoms with van der Waals surface area (Å²) in [6.07, 6.45) is 2.63. The molecule has 2 aromatic carbocycles. The van der Waals surface area contributed by atoms with Crippen molar-refractivity contribution in [2.45, 2.75) is 26.3 Å². The number of hydrogen-bond donors (Lipinski definition) is 0. The van der Waals surface area contributed by atoms with E-state index in [4.69, 9.17) is 0 Å². The SMILES string of the molecule is C[C@@H]1CCCN(Cc2ccc(C(=O)N(C)c3ccccc3)cc2)C1. The number of benzene rings is 2. The number of hydrogen-bond acceptors (Lipinski definition) is 2. The third kappa shape index (κ3) is 4.04. The van der Waals surface area contributed by atoms with Crippen LogP contribution in [0.3, 0.4) is 0 Å². The number of amides is 1. The molecule has 3 heteroatoms. The number of anilines is 1. The number of likely N-dealkylation sites (tertiary alicyclic amines) is 1. The predicted molar refractivity (Wildman–Crippen MR) is 99.3 cm³/mol. The maximum Gasteiger partial charge on any atom is 0.258 e. The molecule has 24 heavy (non-hydrogen) atoms. The number of rotatable bonds is 4. The summed E-state index contributed by atoms with van der Waals surface area (Å²) in [6.45, 7) is 5.67. The molecule has 0 radical (unpaired) electrons. The zero-order chi connectivity index (χ0) is 16.9. The van der Waals surface area contributed by atoms with E-state index in [0.29, 0.717) is 0 Å². The average Bonchev–Trinajstić information content (AvgIpc) is 2.62. The zero-order valence-electron chi connectivity index (χ0n) is 14.6. The minimum atomic E-state index is 0.0272. The van der Waals surface area contributed by atoms with Crippen LogP contribution < -0.4 is 4.90 Å². The lowest BCUT2D eigenvalue weighted by atomic mass is 9.99. The Balaban J connectivity index is 1.64. The first-order chi connectivity index (χ1) is 11.6. The maximum absolute atomic E-state index is 12.6. The van der Waals surface area contributed by atoms with Gasteiger partial charge in [0, 0.05) is 31.4 Å². The van der Waals surface area contributed by atoms with Crippen LogP contribution in [0.25, 0.3) is 0 Å². The third-order valence-corrected chi connectivity index (χ3v) is 4.80. The quantitative estimate of drug-likeness (QED) is 0.842. The van der Waals surface area contributed by atoms with Crippen LogP contribution in [0.15, 0.2) is 54.6 Å². The van der Waals surface area contributed by atoms with Crippen molar-refractivity contribution in [3.8, 4) is 0 Å². The van der Waals surface area contributed by atoms with E-state index in [1.165, 1.54) is 31.5 Å². The van der Waals surface area contributed by atoms with Crippen LogP contribution in [-0.2, 0) is 6.54 Å². The van der Waals surface area contributed by atoms with Crippen molar-refractivity contribution in [2.75, 3.05) is 25.0 Å². The Morgan fingerprint density at radius 2 is 1.83 bits per heavy atom. The van der Waals surface area contributed by atoms with Gasteiger partial charge in [-0.2, -0.15) is 0 Å². The van der Waals surface area contributed by atoms with Gasteiger partial charge in [0.25, 0.3) is 5.91 Å². The lowest BCUT2D eigenvalue weighted by Crippen LogP contribution is -2.33. The van der Waals surface area contributed by atoms with Crippen LogP contribution in [0.5, 0.6) is 0 Å². The summed E-state index contributed by atoms with van der Waals surface area (Å²) in [4.78, 5) is 16.8. The van der Waals surface area contributed by atoms with Crippen LogP contribution >= 0.6 is 0 Å². The van der Waals surface area contributed by atoms with Gasteiger partial charge in [-0.3, -0.25) is 9.69 Å². The van der Waals surface area contributed by atoms with Crippen LogP contribution in [0.4, 0.5) is 5.69 Å². The minimum absolute atomic E-state index is 0.0272. The highest BCUT2D eigenvalue weighted by molar-refractivity contribution is 6.05. The fourth-order valence-corrected chi connectivity index (χ4v) is 3.40. The summed E-state index contributed by atoms with van der Waals surface area (Å²) in [5.74, 6) is 0.818. The number of carbonyl (C=O) groups excluding carboxylic acids is 1. The van der Waals surface area contributed by atoms with Gasteiger partial charge in [0.15, 0.2) is 0 Å². The van der Waals surface area contributed by atoms with Crippen molar-refractivity contribution >= 4 is 11.6 Å². The molecule has 0 aliphatic carbocycles. The lowest BCUT2D eigenvalue weighted by Gasteiger charge is -2.30. The van der Waals surface area contributed by atoms with Gasteiger partial charge in [0.05, 0.1) is 0 Å². The molecule has 0 saturated carbocycles. The van der Waals surface area contributed by atoms with Gasteiger partial charge in [-0.25, -0.2) is 0 Å². The number of nitrogens with zero attached hydrogens (tertiary/aromatic N) is 2. The van der Waals surface area contributed by atoms with E-state index in [-0.39, 0.29) is 5.91 Å². The van der Waals surface area contributed by atoms with E-state index in [1.807, 2.05) is 49.5 Å². The van der Waals surface area contributed by atoms with Crippen molar-refractivity contribution in [1.82, 2.24) is 4.90 Å². The van der Waals surface area contributed by atoms with Crippen LogP contribution in [0, 0.1) is 5.92 Å². The highest BCUT2D eigenvalue weighted by Crippen LogP contribution is 2.19. The van der Waals surface area contributed by atoms with Crippen molar-refractivity contribution in [2.24, 2.45) is 5.92 Å². The van der Waals surface area contributed by atoms with Gasteiger partial charge in [0.2, 0.25) is 0 Å². The van der Waals surface area contributed by atoms with E-state index in [2.05, 4.69) is 24.0 Å². The van der Waals surface area contributed by atoms with Gasteiger partial charge < -0.3 is 4.90 Å². The summed E-state index contributed by atoms with van der Waals surface area (Å²) < 4.78 is 0. The molecule has 2 aromatic rings. The largest absolute Gasteiger partial charge is 0.311 e. The molecule has 3 nitrogen and oxygen atoms in total. The molecule has 3 rings (SSSR count). The highest BCUT2D eigenvalue weighted by atomic mass is 16.2. The van der Waals surface area contributed by atoms with E-state index in [9.17, 15) is 4.79 Å². The van der Waals surface area contributed by atoms with Crippen LogP contribution in [0.2, 0.25) is 0 Å². The number of para-hydroxylation sites is 1. The predicted octanol–water partition coefficient (Wildman–Crippen LogP) is 4.20. The van der Waals surface area contributed by atoms with Crippen LogP contribution in [0.1, 0.15) is 35.7 Å². The molecule has 0 bridgehead atoms. The third-order valence-electron chi connectivity index (χ3n) is 4.80. The van der Waals surface area contributed by atoms with Gasteiger partial charge >= 0.3 is 0 Å². The summed E-state index contributed by atoms with van der Waals surface area (Å²) in [7, 11) is 1.82. The van der Waals surface area contributed by atoms with Crippen LogP contribution in [-0.4, -0.2) is 30.9 Å². The zero-order valence-corrected chi connectivity index (χ0v) is 14.6. The molecule has 1 atom stereocenters. The second-order valence-electron chi connectivity index (χ2n) is 6.88. The molecular formula is C21H26N2O. The van der Waals surface area contributed by atoms with E-state index >= 15 is 0 Å².